The molecule has 0 bridgehead atoms. The second kappa shape index (κ2) is 10.8. The molecule has 6 rings (SSSR count). The zero-order valence-electron chi connectivity index (χ0n) is 24.0. The third-order valence-corrected chi connectivity index (χ3v) is 8.55. The Morgan fingerprint density at radius 3 is 1.79 bits per heavy atom. The molecule has 2 atom stereocenters. The molecule has 2 fully saturated rings. The summed E-state index contributed by atoms with van der Waals surface area (Å²) in [6.45, 7) is 11.3. The van der Waals surface area contributed by atoms with Crippen molar-refractivity contribution in [2.45, 2.75) is 51.1 Å². The molecule has 218 valence electrons. The number of Topliss-reactive ketones (excluding diaryl/α,β-unsaturated/α-hetero) is 2. The van der Waals surface area contributed by atoms with Gasteiger partial charge in [0.2, 0.25) is 0 Å². The molecule has 4 aliphatic heterocycles. The smallest absolute Gasteiger partial charge is 0.255 e. The molecule has 4 heterocycles. The highest BCUT2D eigenvalue weighted by Crippen LogP contribution is 2.37. The Labute approximate surface area is 244 Å². The first kappa shape index (κ1) is 27.8. The summed E-state index contributed by atoms with van der Waals surface area (Å²) in [7, 11) is 1.52. The minimum atomic E-state index is -0.463. The summed E-state index contributed by atoms with van der Waals surface area (Å²) < 4.78 is 17.6. The van der Waals surface area contributed by atoms with E-state index in [0.717, 1.165) is 16.7 Å². The number of amides is 2. The van der Waals surface area contributed by atoms with Crippen molar-refractivity contribution < 1.29 is 33.4 Å². The molecule has 2 saturated heterocycles. The third-order valence-electron chi connectivity index (χ3n) is 8.55. The number of nitrogens with zero attached hydrogens (tertiary/aromatic N) is 2. The van der Waals surface area contributed by atoms with E-state index in [9.17, 15) is 19.2 Å². The second-order valence-electron chi connectivity index (χ2n) is 11.6. The van der Waals surface area contributed by atoms with E-state index in [1.54, 1.807) is 21.9 Å². The maximum Gasteiger partial charge on any atom is 0.255 e. The number of hydrogen-bond acceptors (Lipinski definition) is 7. The average Bonchev–Trinajstić information content (AvgIpc) is 3.51. The van der Waals surface area contributed by atoms with Crippen molar-refractivity contribution in [3.63, 3.8) is 0 Å². The van der Waals surface area contributed by atoms with Crippen molar-refractivity contribution in [3.8, 4) is 17.2 Å². The topological polar surface area (TPSA) is 102 Å². The normalized spacial score (nSPS) is 21.5. The maximum absolute atomic E-state index is 13.2. The van der Waals surface area contributed by atoms with E-state index in [0.29, 0.717) is 85.1 Å². The lowest BCUT2D eigenvalue weighted by Crippen LogP contribution is -2.38. The summed E-state index contributed by atoms with van der Waals surface area (Å²) in [5.74, 6) is 1.21. The highest BCUT2D eigenvalue weighted by Gasteiger charge is 2.41. The van der Waals surface area contributed by atoms with E-state index in [1.807, 2.05) is 19.1 Å². The van der Waals surface area contributed by atoms with Crippen LogP contribution in [0.4, 0.5) is 0 Å². The summed E-state index contributed by atoms with van der Waals surface area (Å²) in [6.07, 6.45) is 1.91. The predicted molar refractivity (Wildman–Crippen MR) is 154 cm³/mol. The van der Waals surface area contributed by atoms with Gasteiger partial charge in [-0.25, -0.2) is 0 Å². The fraction of sp³-hybridized carbons (Fsp3) is 0.394. The van der Waals surface area contributed by atoms with Crippen LogP contribution in [0.2, 0.25) is 0 Å². The largest absolute Gasteiger partial charge is 0.493 e. The summed E-state index contributed by atoms with van der Waals surface area (Å²) in [5.41, 5.74) is 4.92. The monoisotopic (exact) mass is 570 g/mol. The molecule has 0 aromatic heterocycles. The van der Waals surface area contributed by atoms with E-state index in [1.165, 1.54) is 7.11 Å². The molecule has 0 radical (unpaired) electrons. The van der Waals surface area contributed by atoms with Crippen LogP contribution in [0.1, 0.15) is 56.7 Å². The molecule has 2 aromatic rings. The summed E-state index contributed by atoms with van der Waals surface area (Å²) in [4.78, 5) is 55.5. The van der Waals surface area contributed by atoms with Crippen molar-refractivity contribution in [2.24, 2.45) is 0 Å². The molecular formula is C33H34N2O7. The van der Waals surface area contributed by atoms with Gasteiger partial charge in [-0.3, -0.25) is 19.2 Å². The average molecular weight is 571 g/mol. The van der Waals surface area contributed by atoms with Gasteiger partial charge < -0.3 is 24.0 Å². The Morgan fingerprint density at radius 2 is 1.24 bits per heavy atom. The molecule has 42 heavy (non-hydrogen) atoms. The number of fused-ring (bicyclic) bond motifs is 4. The highest BCUT2D eigenvalue weighted by atomic mass is 16.5. The number of carbonyl (C=O) groups excluding carboxylic acids is 4. The first-order valence-corrected chi connectivity index (χ1v) is 14.2. The van der Waals surface area contributed by atoms with Gasteiger partial charge in [0.05, 0.1) is 32.4 Å². The van der Waals surface area contributed by atoms with Crippen LogP contribution in [0.5, 0.6) is 17.2 Å². The zero-order chi connectivity index (χ0) is 29.7. The van der Waals surface area contributed by atoms with Crippen LogP contribution in [0.25, 0.3) is 0 Å². The van der Waals surface area contributed by atoms with Crippen molar-refractivity contribution >= 4 is 23.4 Å². The number of carbonyl (C=O) groups is 4. The fourth-order valence-corrected chi connectivity index (χ4v) is 6.39. The summed E-state index contributed by atoms with van der Waals surface area (Å²) in [5, 5.41) is 0. The Kier molecular flexibility index (Phi) is 7.12. The Morgan fingerprint density at radius 1 is 0.738 bits per heavy atom. The van der Waals surface area contributed by atoms with E-state index < -0.39 is 12.1 Å². The number of benzene rings is 2. The number of rotatable bonds is 7. The van der Waals surface area contributed by atoms with Gasteiger partial charge in [0.15, 0.2) is 23.1 Å². The molecule has 9 nitrogen and oxygen atoms in total. The van der Waals surface area contributed by atoms with E-state index in [-0.39, 0.29) is 36.2 Å². The van der Waals surface area contributed by atoms with E-state index >= 15 is 0 Å². The van der Waals surface area contributed by atoms with Gasteiger partial charge in [-0.1, -0.05) is 24.3 Å². The van der Waals surface area contributed by atoms with Gasteiger partial charge in [-0.05, 0) is 60.7 Å². The Hall–Kier alpha value is -4.40. The summed E-state index contributed by atoms with van der Waals surface area (Å²) in [6, 6.07) is 6.11. The molecule has 0 saturated carbocycles. The molecule has 2 amide bonds. The van der Waals surface area contributed by atoms with Crippen molar-refractivity contribution in [3.05, 3.63) is 76.4 Å². The Balaban J connectivity index is 1.10. The lowest BCUT2D eigenvalue weighted by Gasteiger charge is -2.21. The molecule has 0 N–H and O–H groups in total. The molecule has 2 aromatic carbocycles. The van der Waals surface area contributed by atoms with Crippen LogP contribution in [0, 0.1) is 6.92 Å². The number of ether oxygens (including phenoxy) is 3. The zero-order valence-corrected chi connectivity index (χ0v) is 24.0. The number of aryl methyl sites for hydroxylation is 1. The molecular weight excluding hydrogens is 536 g/mol. The van der Waals surface area contributed by atoms with Gasteiger partial charge >= 0.3 is 0 Å². The van der Waals surface area contributed by atoms with Gasteiger partial charge in [-0.15, -0.1) is 0 Å². The maximum atomic E-state index is 13.2. The van der Waals surface area contributed by atoms with Crippen molar-refractivity contribution in [1.29, 1.82) is 0 Å². The first-order chi connectivity index (χ1) is 20.1. The van der Waals surface area contributed by atoms with Gasteiger partial charge in [0.25, 0.3) is 11.8 Å². The minimum absolute atomic E-state index is 0.00404. The van der Waals surface area contributed by atoms with Crippen LogP contribution in [0.15, 0.2) is 48.6 Å². The van der Waals surface area contributed by atoms with Crippen LogP contribution in [0.3, 0.4) is 0 Å². The van der Waals surface area contributed by atoms with Crippen molar-refractivity contribution in [1.82, 2.24) is 9.80 Å². The quantitative estimate of drug-likeness (QED) is 0.370. The van der Waals surface area contributed by atoms with Crippen LogP contribution < -0.4 is 14.2 Å². The van der Waals surface area contributed by atoms with E-state index in [2.05, 4.69) is 13.2 Å². The molecule has 0 spiro atoms. The SMILES string of the molecule is C=C1C[C@H]2C(=O)Cc3cc(OCCCOc4cc5c(cc4OC)C(=O)N4CC(=C)C[C@H]4C(=O)C5)c(C)cc3C(=O)N2C1. The van der Waals surface area contributed by atoms with Gasteiger partial charge in [0, 0.05) is 43.5 Å². The van der Waals surface area contributed by atoms with Crippen LogP contribution in [-0.2, 0) is 22.4 Å². The highest BCUT2D eigenvalue weighted by molar-refractivity contribution is 6.05. The number of methoxy groups -OCH3 is 1. The van der Waals surface area contributed by atoms with Crippen LogP contribution in [-0.4, -0.2) is 78.7 Å². The Bertz CT molecular complexity index is 1560. The van der Waals surface area contributed by atoms with Crippen molar-refractivity contribution in [2.75, 3.05) is 33.4 Å². The second-order valence-corrected chi connectivity index (χ2v) is 11.6. The number of ketones is 2. The molecule has 9 heteroatoms. The third kappa shape index (κ3) is 4.86. The summed E-state index contributed by atoms with van der Waals surface area (Å²) >= 11 is 0. The lowest BCUT2D eigenvalue weighted by atomic mass is 9.97. The lowest BCUT2D eigenvalue weighted by molar-refractivity contribution is -0.122. The van der Waals surface area contributed by atoms with Gasteiger partial charge in [0.1, 0.15) is 5.75 Å². The first-order valence-electron chi connectivity index (χ1n) is 14.2. The van der Waals surface area contributed by atoms with Gasteiger partial charge in [-0.2, -0.15) is 0 Å². The molecule has 0 aliphatic carbocycles. The van der Waals surface area contributed by atoms with Crippen LogP contribution >= 0.6 is 0 Å². The molecule has 0 unspecified atom stereocenters. The van der Waals surface area contributed by atoms with E-state index in [4.69, 9.17) is 14.2 Å². The standard InChI is InChI=1S/C33H34N2O7/c1-18-8-25-27(36)11-21-13-29(20(3)10-23(21)32(38)34(25)16-18)41-6-5-7-42-31-14-22-12-28(37)26-9-19(2)17-35(26)33(39)24(22)15-30(31)40-4/h10,13-15,25-26H,1-2,5-9,11-12,16-17H2,3-4H3/t25-,26-/m0/s1. The minimum Gasteiger partial charge on any atom is -0.493 e. The number of hydrogen-bond donors (Lipinski definition) is 0. The predicted octanol–water partition coefficient (Wildman–Crippen LogP) is 3.64. The fourth-order valence-electron chi connectivity index (χ4n) is 6.39. The molecule has 4 aliphatic rings.